The van der Waals surface area contributed by atoms with Crippen LogP contribution in [0.4, 0.5) is 0 Å². The Morgan fingerprint density at radius 1 is 1.38 bits per heavy atom. The summed E-state index contributed by atoms with van der Waals surface area (Å²) in [4.78, 5) is 11.0. The number of benzene rings is 1. The average molecular weight is 218 g/mol. The maximum absolute atomic E-state index is 11.0. The molecule has 4 heteroatoms. The van der Waals surface area contributed by atoms with Crippen LogP contribution in [0, 0.1) is 0 Å². The van der Waals surface area contributed by atoms with E-state index in [2.05, 4.69) is 0 Å². The summed E-state index contributed by atoms with van der Waals surface area (Å²) in [6.45, 7) is 0. The van der Waals surface area contributed by atoms with Gasteiger partial charge in [0.1, 0.15) is 17.1 Å². The van der Waals surface area contributed by atoms with Gasteiger partial charge in [-0.3, -0.25) is 0 Å². The quantitative estimate of drug-likeness (QED) is 0.860. The van der Waals surface area contributed by atoms with Gasteiger partial charge in [-0.25, -0.2) is 4.79 Å². The monoisotopic (exact) mass is 218 g/mol. The van der Waals surface area contributed by atoms with Gasteiger partial charge in [-0.05, 0) is 30.3 Å². The predicted octanol–water partition coefficient (Wildman–Crippen LogP) is 2.65. The summed E-state index contributed by atoms with van der Waals surface area (Å²) in [5.74, 6) is -0.0572. The maximum Gasteiger partial charge on any atom is 0.339 e. The minimum atomic E-state index is -1.02. The summed E-state index contributed by atoms with van der Waals surface area (Å²) >= 11 is 0. The predicted molar refractivity (Wildman–Crippen MR) is 57.7 cm³/mol. The SMILES string of the molecule is COc1ccc(-c2ccco2)cc1C(=O)O. The standard InChI is InChI=1S/C12H10O4/c1-15-11-5-4-8(7-9(11)12(13)14)10-3-2-6-16-10/h2-7H,1H3,(H,13,14). The smallest absolute Gasteiger partial charge is 0.339 e. The number of rotatable bonds is 3. The van der Waals surface area contributed by atoms with E-state index >= 15 is 0 Å². The van der Waals surface area contributed by atoms with Gasteiger partial charge in [0.15, 0.2) is 0 Å². The molecular formula is C12H10O4. The van der Waals surface area contributed by atoms with Crippen molar-refractivity contribution in [1.82, 2.24) is 0 Å². The molecule has 0 aliphatic heterocycles. The van der Waals surface area contributed by atoms with Crippen molar-refractivity contribution in [3.8, 4) is 17.1 Å². The molecule has 0 saturated heterocycles. The lowest BCUT2D eigenvalue weighted by Crippen LogP contribution is -2.00. The largest absolute Gasteiger partial charge is 0.496 e. The number of furan rings is 1. The number of ether oxygens (including phenoxy) is 1. The molecule has 0 aliphatic carbocycles. The van der Waals surface area contributed by atoms with Crippen LogP contribution in [0.15, 0.2) is 41.0 Å². The molecule has 16 heavy (non-hydrogen) atoms. The lowest BCUT2D eigenvalue weighted by Gasteiger charge is -2.05. The maximum atomic E-state index is 11.0. The van der Waals surface area contributed by atoms with Crippen LogP contribution in [0.3, 0.4) is 0 Å². The second kappa shape index (κ2) is 4.10. The zero-order valence-corrected chi connectivity index (χ0v) is 8.64. The van der Waals surface area contributed by atoms with Crippen molar-refractivity contribution >= 4 is 5.97 Å². The third kappa shape index (κ3) is 1.77. The van der Waals surface area contributed by atoms with Crippen molar-refractivity contribution in [2.24, 2.45) is 0 Å². The summed E-state index contributed by atoms with van der Waals surface area (Å²) in [5.41, 5.74) is 0.833. The Kier molecular flexibility index (Phi) is 2.64. The van der Waals surface area contributed by atoms with Crippen molar-refractivity contribution in [2.75, 3.05) is 7.11 Å². The van der Waals surface area contributed by atoms with Crippen LogP contribution < -0.4 is 4.74 Å². The second-order valence-electron chi connectivity index (χ2n) is 3.20. The number of methoxy groups -OCH3 is 1. The Morgan fingerprint density at radius 3 is 2.75 bits per heavy atom. The molecule has 0 amide bonds. The van der Waals surface area contributed by atoms with E-state index in [0.29, 0.717) is 17.1 Å². The van der Waals surface area contributed by atoms with Crippen LogP contribution in [0.1, 0.15) is 10.4 Å². The zero-order chi connectivity index (χ0) is 11.5. The summed E-state index contributed by atoms with van der Waals surface area (Å²) in [5, 5.41) is 9.01. The van der Waals surface area contributed by atoms with Gasteiger partial charge >= 0.3 is 5.97 Å². The van der Waals surface area contributed by atoms with Gasteiger partial charge in [-0.2, -0.15) is 0 Å². The highest BCUT2D eigenvalue weighted by Crippen LogP contribution is 2.26. The summed E-state index contributed by atoms with van der Waals surface area (Å²) in [7, 11) is 1.44. The summed E-state index contributed by atoms with van der Waals surface area (Å²) in [6, 6.07) is 8.42. The molecule has 0 atom stereocenters. The molecule has 0 fully saturated rings. The lowest BCUT2D eigenvalue weighted by atomic mass is 10.1. The van der Waals surface area contributed by atoms with E-state index in [-0.39, 0.29) is 5.56 Å². The highest BCUT2D eigenvalue weighted by molar-refractivity contribution is 5.92. The lowest BCUT2D eigenvalue weighted by molar-refractivity contribution is 0.0693. The fourth-order valence-corrected chi connectivity index (χ4v) is 1.47. The van der Waals surface area contributed by atoms with Gasteiger partial charge in [-0.15, -0.1) is 0 Å². The number of hydrogen-bond acceptors (Lipinski definition) is 3. The van der Waals surface area contributed by atoms with Gasteiger partial charge in [0.25, 0.3) is 0 Å². The second-order valence-corrected chi connectivity index (χ2v) is 3.20. The molecule has 1 aromatic carbocycles. The van der Waals surface area contributed by atoms with E-state index < -0.39 is 5.97 Å². The first-order valence-corrected chi connectivity index (χ1v) is 4.67. The minimum Gasteiger partial charge on any atom is -0.496 e. The fraction of sp³-hybridized carbons (Fsp3) is 0.0833. The normalized spacial score (nSPS) is 10.1. The van der Waals surface area contributed by atoms with Crippen LogP contribution >= 0.6 is 0 Å². The van der Waals surface area contributed by atoms with Crippen LogP contribution in [-0.4, -0.2) is 18.2 Å². The fourth-order valence-electron chi connectivity index (χ4n) is 1.47. The first-order chi connectivity index (χ1) is 7.72. The van der Waals surface area contributed by atoms with Crippen LogP contribution in [0.2, 0.25) is 0 Å². The molecule has 0 bridgehead atoms. The summed E-state index contributed by atoms with van der Waals surface area (Å²) < 4.78 is 10.2. The van der Waals surface area contributed by atoms with E-state index in [0.717, 1.165) is 0 Å². The van der Waals surface area contributed by atoms with E-state index in [9.17, 15) is 4.79 Å². The molecule has 0 radical (unpaired) electrons. The number of hydrogen-bond donors (Lipinski definition) is 1. The number of carbonyl (C=O) groups is 1. The van der Waals surface area contributed by atoms with E-state index in [1.54, 1.807) is 30.5 Å². The Bertz CT molecular complexity index is 500. The van der Waals surface area contributed by atoms with E-state index in [4.69, 9.17) is 14.3 Å². The number of aromatic carboxylic acids is 1. The Hall–Kier alpha value is -2.23. The molecule has 4 nitrogen and oxygen atoms in total. The molecule has 82 valence electrons. The molecule has 0 saturated carbocycles. The molecule has 0 unspecified atom stereocenters. The minimum absolute atomic E-state index is 0.122. The van der Waals surface area contributed by atoms with Gasteiger partial charge in [0.05, 0.1) is 13.4 Å². The highest BCUT2D eigenvalue weighted by Gasteiger charge is 2.12. The van der Waals surface area contributed by atoms with Gasteiger partial charge < -0.3 is 14.3 Å². The van der Waals surface area contributed by atoms with Crippen molar-refractivity contribution in [3.63, 3.8) is 0 Å². The molecule has 1 N–H and O–H groups in total. The third-order valence-electron chi connectivity index (χ3n) is 2.24. The van der Waals surface area contributed by atoms with Crippen LogP contribution in [0.5, 0.6) is 5.75 Å². The van der Waals surface area contributed by atoms with Gasteiger partial charge in [-0.1, -0.05) is 0 Å². The Balaban J connectivity index is 2.51. The van der Waals surface area contributed by atoms with Crippen molar-refractivity contribution in [2.45, 2.75) is 0 Å². The topological polar surface area (TPSA) is 59.7 Å². The molecule has 1 aromatic heterocycles. The Morgan fingerprint density at radius 2 is 2.19 bits per heavy atom. The molecule has 0 spiro atoms. The van der Waals surface area contributed by atoms with Crippen molar-refractivity contribution in [1.29, 1.82) is 0 Å². The highest BCUT2D eigenvalue weighted by atomic mass is 16.5. The van der Waals surface area contributed by atoms with Crippen molar-refractivity contribution in [3.05, 3.63) is 42.2 Å². The summed E-state index contributed by atoms with van der Waals surface area (Å²) in [6.07, 6.45) is 1.54. The zero-order valence-electron chi connectivity index (χ0n) is 8.64. The molecule has 2 aromatic rings. The molecule has 1 heterocycles. The average Bonchev–Trinajstić information content (AvgIpc) is 2.81. The van der Waals surface area contributed by atoms with Gasteiger partial charge in [0, 0.05) is 5.56 Å². The molecule has 2 rings (SSSR count). The van der Waals surface area contributed by atoms with E-state index in [1.165, 1.54) is 13.2 Å². The molecule has 0 aliphatic rings. The van der Waals surface area contributed by atoms with Crippen LogP contribution in [0.25, 0.3) is 11.3 Å². The van der Waals surface area contributed by atoms with Crippen molar-refractivity contribution < 1.29 is 19.1 Å². The number of carboxylic acid groups (broad SMARTS) is 1. The molecular weight excluding hydrogens is 208 g/mol. The first kappa shape index (κ1) is 10.3. The number of carboxylic acids is 1. The van der Waals surface area contributed by atoms with Gasteiger partial charge in [0.2, 0.25) is 0 Å². The first-order valence-electron chi connectivity index (χ1n) is 4.67. The van der Waals surface area contributed by atoms with Crippen LogP contribution in [-0.2, 0) is 0 Å². The third-order valence-corrected chi connectivity index (χ3v) is 2.24. The Labute approximate surface area is 92.1 Å². The van der Waals surface area contributed by atoms with E-state index in [1.807, 2.05) is 0 Å².